The van der Waals surface area contributed by atoms with E-state index in [1.165, 1.54) is 0 Å². The molecule has 0 radical (unpaired) electrons. The molecule has 0 fully saturated rings. The zero-order valence-electron chi connectivity index (χ0n) is 8.15. The van der Waals surface area contributed by atoms with Gasteiger partial charge in [0.2, 0.25) is 5.91 Å². The molecule has 0 aromatic rings. The van der Waals surface area contributed by atoms with E-state index in [2.05, 4.69) is 17.5 Å². The minimum Gasteiger partial charge on any atom is -0.352 e. The van der Waals surface area contributed by atoms with Crippen LogP contribution in [0.5, 0.6) is 0 Å². The van der Waals surface area contributed by atoms with Crippen LogP contribution in [0.2, 0.25) is 0 Å². The maximum Gasteiger partial charge on any atom is 0.227 e. The Morgan fingerprint density at radius 1 is 1.29 bits per heavy atom. The van der Waals surface area contributed by atoms with Crippen molar-refractivity contribution in [2.45, 2.75) is 31.3 Å². The van der Waals surface area contributed by atoms with E-state index in [1.807, 2.05) is 12.2 Å². The van der Waals surface area contributed by atoms with Crippen molar-refractivity contribution in [2.75, 3.05) is 0 Å². The highest BCUT2D eigenvalue weighted by atomic mass is 16.1. The van der Waals surface area contributed by atoms with Crippen molar-refractivity contribution in [3.63, 3.8) is 0 Å². The van der Waals surface area contributed by atoms with Crippen LogP contribution in [0.15, 0.2) is 24.3 Å². The lowest BCUT2D eigenvalue weighted by Crippen LogP contribution is -2.37. The van der Waals surface area contributed by atoms with Gasteiger partial charge in [-0.3, -0.25) is 4.79 Å². The zero-order chi connectivity index (χ0) is 9.97. The topological polar surface area (TPSA) is 55.1 Å². The van der Waals surface area contributed by atoms with Crippen molar-refractivity contribution < 1.29 is 4.79 Å². The van der Waals surface area contributed by atoms with Crippen molar-refractivity contribution in [1.29, 1.82) is 0 Å². The van der Waals surface area contributed by atoms with Gasteiger partial charge in [-0.15, -0.1) is 0 Å². The Hall–Kier alpha value is -1.09. The van der Waals surface area contributed by atoms with Gasteiger partial charge in [0.25, 0.3) is 0 Å². The van der Waals surface area contributed by atoms with E-state index in [4.69, 9.17) is 5.73 Å². The molecule has 0 aromatic heterocycles. The van der Waals surface area contributed by atoms with Crippen LogP contribution in [0.25, 0.3) is 0 Å². The molecule has 2 unspecified atom stereocenters. The van der Waals surface area contributed by atoms with Gasteiger partial charge >= 0.3 is 0 Å². The highest BCUT2D eigenvalue weighted by Crippen LogP contribution is 2.18. The van der Waals surface area contributed by atoms with Gasteiger partial charge < -0.3 is 11.1 Å². The smallest absolute Gasteiger partial charge is 0.227 e. The van der Waals surface area contributed by atoms with Gasteiger partial charge in [-0.25, -0.2) is 0 Å². The van der Waals surface area contributed by atoms with Gasteiger partial charge in [-0.05, 0) is 19.3 Å². The van der Waals surface area contributed by atoms with E-state index in [-0.39, 0.29) is 17.9 Å². The van der Waals surface area contributed by atoms with E-state index in [1.54, 1.807) is 0 Å². The molecule has 2 aliphatic carbocycles. The number of nitrogens with two attached hydrogens (primary N) is 1. The van der Waals surface area contributed by atoms with Crippen LogP contribution in [-0.2, 0) is 4.79 Å². The minimum absolute atomic E-state index is 0.00870. The van der Waals surface area contributed by atoms with Gasteiger partial charge in [0.15, 0.2) is 0 Å². The summed E-state index contributed by atoms with van der Waals surface area (Å²) in [6.45, 7) is 0. The fraction of sp³-hybridized carbons (Fsp3) is 0.545. The number of amides is 1. The Labute approximate surface area is 84.0 Å². The molecule has 1 amide bonds. The number of carbonyl (C=O) groups excluding carboxylic acids is 1. The van der Waals surface area contributed by atoms with Crippen LogP contribution >= 0.6 is 0 Å². The highest BCUT2D eigenvalue weighted by Gasteiger charge is 2.24. The Morgan fingerprint density at radius 2 is 2.00 bits per heavy atom. The first-order valence-electron chi connectivity index (χ1n) is 5.15. The lowest BCUT2D eigenvalue weighted by molar-refractivity contribution is -0.124. The van der Waals surface area contributed by atoms with Crippen molar-refractivity contribution in [1.82, 2.24) is 5.32 Å². The van der Waals surface area contributed by atoms with Crippen molar-refractivity contribution in [3.05, 3.63) is 24.3 Å². The average molecular weight is 192 g/mol. The van der Waals surface area contributed by atoms with Crippen LogP contribution in [0.1, 0.15) is 19.3 Å². The lowest BCUT2D eigenvalue weighted by atomic mass is 10.1. The first kappa shape index (κ1) is 9.46. The van der Waals surface area contributed by atoms with E-state index in [0.717, 1.165) is 19.3 Å². The molecule has 0 saturated heterocycles. The Bertz CT molecular complexity index is 275. The number of carbonyl (C=O) groups is 1. The first-order chi connectivity index (χ1) is 6.75. The molecule has 0 heterocycles. The molecule has 3 heteroatoms. The molecule has 0 bridgehead atoms. The molecule has 0 saturated carbocycles. The van der Waals surface area contributed by atoms with Gasteiger partial charge in [-0.2, -0.15) is 0 Å². The number of rotatable bonds is 2. The summed E-state index contributed by atoms with van der Waals surface area (Å²) < 4.78 is 0. The molecule has 76 valence electrons. The number of hydrogen-bond donors (Lipinski definition) is 2. The third-order valence-electron chi connectivity index (χ3n) is 2.81. The van der Waals surface area contributed by atoms with Gasteiger partial charge in [0.05, 0.1) is 5.92 Å². The molecule has 0 aromatic carbocycles. The average Bonchev–Trinajstić information content (AvgIpc) is 2.75. The predicted molar refractivity (Wildman–Crippen MR) is 55.5 cm³/mol. The summed E-state index contributed by atoms with van der Waals surface area (Å²) in [5.74, 6) is 0.119. The number of nitrogens with one attached hydrogen (secondary N) is 1. The molecule has 2 aliphatic rings. The first-order valence-corrected chi connectivity index (χ1v) is 5.15. The maximum absolute atomic E-state index is 11.7. The van der Waals surface area contributed by atoms with Crippen LogP contribution in [-0.4, -0.2) is 18.0 Å². The lowest BCUT2D eigenvalue weighted by Gasteiger charge is -2.15. The summed E-state index contributed by atoms with van der Waals surface area (Å²) in [5, 5.41) is 3.03. The third kappa shape index (κ3) is 2.04. The molecule has 14 heavy (non-hydrogen) atoms. The Kier molecular flexibility index (Phi) is 2.68. The second-order valence-corrected chi connectivity index (χ2v) is 4.04. The quantitative estimate of drug-likeness (QED) is 0.633. The molecule has 2 atom stereocenters. The van der Waals surface area contributed by atoms with Gasteiger partial charge in [0, 0.05) is 12.1 Å². The predicted octanol–water partition coefficient (Wildman–Crippen LogP) is 0.725. The summed E-state index contributed by atoms with van der Waals surface area (Å²) in [4.78, 5) is 11.7. The molecular formula is C11H16N2O. The fourth-order valence-corrected chi connectivity index (χ4v) is 1.96. The summed E-state index contributed by atoms with van der Waals surface area (Å²) >= 11 is 0. The van der Waals surface area contributed by atoms with Crippen LogP contribution in [0, 0.1) is 5.92 Å². The molecule has 0 spiro atoms. The molecular weight excluding hydrogens is 176 g/mol. The summed E-state index contributed by atoms with van der Waals surface area (Å²) in [6.07, 6.45) is 10.7. The van der Waals surface area contributed by atoms with E-state index >= 15 is 0 Å². The third-order valence-corrected chi connectivity index (χ3v) is 2.81. The standard InChI is InChI=1S/C11H16N2O/c12-9-6-5-8(7-9)11(14)13-10-3-1-2-4-10/h1-2,5-6,8-10H,3-4,7,12H2,(H,13,14). The van der Waals surface area contributed by atoms with Crippen LogP contribution < -0.4 is 11.1 Å². The second kappa shape index (κ2) is 3.96. The van der Waals surface area contributed by atoms with Crippen LogP contribution in [0.3, 0.4) is 0 Å². The summed E-state index contributed by atoms with van der Waals surface area (Å²) in [5.41, 5.74) is 5.69. The molecule has 0 aliphatic heterocycles. The molecule has 3 nitrogen and oxygen atoms in total. The number of hydrogen-bond acceptors (Lipinski definition) is 2. The fourth-order valence-electron chi connectivity index (χ4n) is 1.96. The second-order valence-electron chi connectivity index (χ2n) is 4.04. The minimum atomic E-state index is -0.00870. The van der Waals surface area contributed by atoms with Crippen molar-refractivity contribution in [3.8, 4) is 0 Å². The molecule has 2 rings (SSSR count). The van der Waals surface area contributed by atoms with Gasteiger partial charge in [0.1, 0.15) is 0 Å². The Morgan fingerprint density at radius 3 is 2.57 bits per heavy atom. The van der Waals surface area contributed by atoms with Gasteiger partial charge in [-0.1, -0.05) is 24.3 Å². The largest absolute Gasteiger partial charge is 0.352 e. The van der Waals surface area contributed by atoms with E-state index in [0.29, 0.717) is 6.04 Å². The summed E-state index contributed by atoms with van der Waals surface area (Å²) in [6, 6.07) is 0.375. The van der Waals surface area contributed by atoms with Crippen molar-refractivity contribution >= 4 is 5.91 Å². The maximum atomic E-state index is 11.7. The zero-order valence-corrected chi connectivity index (χ0v) is 8.15. The Balaban J connectivity index is 1.81. The van der Waals surface area contributed by atoms with E-state index < -0.39 is 0 Å². The highest BCUT2D eigenvalue weighted by molar-refractivity contribution is 5.81. The van der Waals surface area contributed by atoms with Crippen LogP contribution in [0.4, 0.5) is 0 Å². The van der Waals surface area contributed by atoms with E-state index in [9.17, 15) is 4.79 Å². The SMILES string of the molecule is NC1C=CC(C(=O)NC2CC=CC2)C1. The monoisotopic (exact) mass is 192 g/mol. The van der Waals surface area contributed by atoms with Crippen molar-refractivity contribution in [2.24, 2.45) is 11.7 Å². The normalized spacial score (nSPS) is 31.2. The molecule has 3 N–H and O–H groups in total. The summed E-state index contributed by atoms with van der Waals surface area (Å²) in [7, 11) is 0.